The maximum atomic E-state index is 5.03. The summed E-state index contributed by atoms with van der Waals surface area (Å²) in [4.78, 5) is 0. The van der Waals surface area contributed by atoms with Crippen LogP contribution in [0.3, 0.4) is 0 Å². The van der Waals surface area contributed by atoms with Crippen LogP contribution in [0.15, 0.2) is 4.52 Å². The molecule has 0 saturated carbocycles. The molecule has 4 nitrogen and oxygen atoms in total. The highest BCUT2D eigenvalue weighted by Gasteiger charge is 2.07. The number of aromatic nitrogens is 1. The van der Waals surface area contributed by atoms with E-state index in [0.717, 1.165) is 36.7 Å². The van der Waals surface area contributed by atoms with Gasteiger partial charge in [-0.1, -0.05) is 5.16 Å². The van der Waals surface area contributed by atoms with Gasteiger partial charge < -0.3 is 14.6 Å². The topological polar surface area (TPSA) is 47.3 Å². The third kappa shape index (κ3) is 2.82. The van der Waals surface area contributed by atoms with E-state index in [4.69, 9.17) is 9.26 Å². The van der Waals surface area contributed by atoms with Crippen LogP contribution in [0.4, 0.5) is 0 Å². The van der Waals surface area contributed by atoms with Gasteiger partial charge in [-0.25, -0.2) is 0 Å². The van der Waals surface area contributed by atoms with Gasteiger partial charge in [0.1, 0.15) is 5.76 Å². The van der Waals surface area contributed by atoms with E-state index in [-0.39, 0.29) is 0 Å². The summed E-state index contributed by atoms with van der Waals surface area (Å²) in [5, 5.41) is 7.11. The number of hydrogen-bond acceptors (Lipinski definition) is 4. The molecule has 0 aliphatic rings. The molecule has 1 rings (SSSR count). The predicted molar refractivity (Wildman–Crippen MR) is 49.6 cm³/mol. The summed E-state index contributed by atoms with van der Waals surface area (Å²) in [6.07, 6.45) is 0. The Balaban J connectivity index is 2.36. The molecular weight excluding hydrogens is 168 g/mol. The Morgan fingerprint density at radius 2 is 2.23 bits per heavy atom. The molecule has 1 aromatic rings. The summed E-state index contributed by atoms with van der Waals surface area (Å²) < 4.78 is 9.95. The molecule has 1 heterocycles. The van der Waals surface area contributed by atoms with Crippen molar-refractivity contribution in [1.29, 1.82) is 0 Å². The Kier molecular flexibility index (Phi) is 3.92. The molecule has 0 aliphatic carbocycles. The van der Waals surface area contributed by atoms with Crippen molar-refractivity contribution in [2.45, 2.75) is 20.4 Å². The number of nitrogens with zero attached hydrogens (tertiary/aromatic N) is 1. The third-order valence-corrected chi connectivity index (χ3v) is 1.97. The van der Waals surface area contributed by atoms with Gasteiger partial charge in [-0.2, -0.15) is 0 Å². The lowest BCUT2D eigenvalue weighted by Gasteiger charge is -2.02. The van der Waals surface area contributed by atoms with E-state index < -0.39 is 0 Å². The molecule has 0 radical (unpaired) electrons. The molecule has 0 unspecified atom stereocenters. The molecule has 0 saturated heterocycles. The maximum Gasteiger partial charge on any atom is 0.138 e. The van der Waals surface area contributed by atoms with Crippen molar-refractivity contribution in [3.8, 4) is 0 Å². The average molecular weight is 184 g/mol. The van der Waals surface area contributed by atoms with Crippen molar-refractivity contribution in [3.05, 3.63) is 17.0 Å². The highest BCUT2D eigenvalue weighted by atomic mass is 16.5. The fourth-order valence-corrected chi connectivity index (χ4v) is 1.14. The molecule has 4 heteroatoms. The van der Waals surface area contributed by atoms with Gasteiger partial charge in [-0.3, -0.25) is 0 Å². The van der Waals surface area contributed by atoms with E-state index in [1.807, 2.05) is 13.8 Å². The molecule has 1 aromatic heterocycles. The van der Waals surface area contributed by atoms with Crippen molar-refractivity contribution in [2.75, 3.05) is 20.3 Å². The quantitative estimate of drug-likeness (QED) is 0.694. The van der Waals surface area contributed by atoms with Gasteiger partial charge in [0.2, 0.25) is 0 Å². The van der Waals surface area contributed by atoms with Crippen molar-refractivity contribution >= 4 is 0 Å². The number of aryl methyl sites for hydroxylation is 2. The Hall–Kier alpha value is -0.870. The fourth-order valence-electron chi connectivity index (χ4n) is 1.14. The number of methoxy groups -OCH3 is 1. The molecule has 0 bridgehead atoms. The van der Waals surface area contributed by atoms with Crippen LogP contribution in [0.5, 0.6) is 0 Å². The molecule has 1 N–H and O–H groups in total. The largest absolute Gasteiger partial charge is 0.383 e. The van der Waals surface area contributed by atoms with Gasteiger partial charge >= 0.3 is 0 Å². The summed E-state index contributed by atoms with van der Waals surface area (Å²) >= 11 is 0. The zero-order chi connectivity index (χ0) is 9.68. The Labute approximate surface area is 78.2 Å². The smallest absolute Gasteiger partial charge is 0.138 e. The van der Waals surface area contributed by atoms with Crippen molar-refractivity contribution < 1.29 is 9.26 Å². The summed E-state index contributed by atoms with van der Waals surface area (Å²) in [7, 11) is 1.69. The van der Waals surface area contributed by atoms with Gasteiger partial charge in [0.15, 0.2) is 0 Å². The first kappa shape index (κ1) is 10.2. The first-order valence-corrected chi connectivity index (χ1v) is 4.37. The van der Waals surface area contributed by atoms with Gasteiger partial charge in [0.25, 0.3) is 0 Å². The Bertz CT molecular complexity index is 239. The van der Waals surface area contributed by atoms with E-state index in [0.29, 0.717) is 0 Å². The molecule has 0 aromatic carbocycles. The first-order chi connectivity index (χ1) is 6.25. The van der Waals surface area contributed by atoms with E-state index in [1.165, 1.54) is 0 Å². The minimum Gasteiger partial charge on any atom is -0.383 e. The van der Waals surface area contributed by atoms with Crippen LogP contribution >= 0.6 is 0 Å². The van der Waals surface area contributed by atoms with Gasteiger partial charge in [-0.15, -0.1) is 0 Å². The lowest BCUT2D eigenvalue weighted by atomic mass is 10.2. The average Bonchev–Trinajstić information content (AvgIpc) is 2.42. The second kappa shape index (κ2) is 4.99. The fraction of sp³-hybridized carbons (Fsp3) is 0.667. The number of rotatable bonds is 5. The van der Waals surface area contributed by atoms with Crippen molar-refractivity contribution in [1.82, 2.24) is 10.5 Å². The second-order valence-corrected chi connectivity index (χ2v) is 2.97. The maximum absolute atomic E-state index is 5.03. The predicted octanol–water partition coefficient (Wildman–Crippen LogP) is 1.03. The van der Waals surface area contributed by atoms with E-state index >= 15 is 0 Å². The zero-order valence-electron chi connectivity index (χ0n) is 8.39. The summed E-state index contributed by atoms with van der Waals surface area (Å²) in [6.45, 7) is 6.24. The number of ether oxygens (including phenoxy) is 1. The van der Waals surface area contributed by atoms with E-state index in [9.17, 15) is 0 Å². The molecule has 0 fully saturated rings. The minimum absolute atomic E-state index is 0.726. The van der Waals surface area contributed by atoms with Crippen LogP contribution in [0.25, 0.3) is 0 Å². The van der Waals surface area contributed by atoms with Gasteiger partial charge in [-0.05, 0) is 13.8 Å². The highest BCUT2D eigenvalue weighted by Crippen LogP contribution is 2.10. The highest BCUT2D eigenvalue weighted by molar-refractivity contribution is 5.20. The third-order valence-electron chi connectivity index (χ3n) is 1.97. The van der Waals surface area contributed by atoms with Crippen LogP contribution in [-0.4, -0.2) is 25.4 Å². The number of hydrogen-bond donors (Lipinski definition) is 1. The molecular formula is C9H16N2O2. The molecule has 13 heavy (non-hydrogen) atoms. The van der Waals surface area contributed by atoms with Crippen LogP contribution in [-0.2, 0) is 11.3 Å². The lowest BCUT2D eigenvalue weighted by Crippen LogP contribution is -2.19. The standard InChI is InChI=1S/C9H16N2O2/c1-7-9(8(2)13-11-7)6-10-4-5-12-3/h10H,4-6H2,1-3H3. The summed E-state index contributed by atoms with van der Waals surface area (Å²) in [5.41, 5.74) is 2.11. The van der Waals surface area contributed by atoms with Crippen molar-refractivity contribution in [2.24, 2.45) is 0 Å². The van der Waals surface area contributed by atoms with Crippen LogP contribution in [0, 0.1) is 13.8 Å². The molecule has 0 spiro atoms. The second-order valence-electron chi connectivity index (χ2n) is 2.97. The summed E-state index contributed by atoms with van der Waals surface area (Å²) in [5.74, 6) is 0.891. The minimum atomic E-state index is 0.726. The van der Waals surface area contributed by atoms with Crippen molar-refractivity contribution in [3.63, 3.8) is 0 Å². The van der Waals surface area contributed by atoms with Crippen LogP contribution in [0.2, 0.25) is 0 Å². The molecule has 74 valence electrons. The van der Waals surface area contributed by atoms with Gasteiger partial charge in [0, 0.05) is 25.8 Å². The van der Waals surface area contributed by atoms with E-state index in [1.54, 1.807) is 7.11 Å². The van der Waals surface area contributed by atoms with Crippen LogP contribution < -0.4 is 5.32 Å². The van der Waals surface area contributed by atoms with E-state index in [2.05, 4.69) is 10.5 Å². The molecule has 0 aliphatic heterocycles. The lowest BCUT2D eigenvalue weighted by molar-refractivity contribution is 0.199. The molecule has 0 atom stereocenters. The SMILES string of the molecule is COCCNCc1c(C)noc1C. The van der Waals surface area contributed by atoms with Crippen LogP contribution in [0.1, 0.15) is 17.0 Å². The Morgan fingerprint density at radius 1 is 1.46 bits per heavy atom. The Morgan fingerprint density at radius 3 is 2.77 bits per heavy atom. The molecule has 0 amide bonds. The summed E-state index contributed by atoms with van der Waals surface area (Å²) in [6, 6.07) is 0. The first-order valence-electron chi connectivity index (χ1n) is 4.37. The normalized spacial score (nSPS) is 10.7. The monoisotopic (exact) mass is 184 g/mol. The number of nitrogens with one attached hydrogen (secondary N) is 1. The zero-order valence-corrected chi connectivity index (χ0v) is 8.39. The van der Waals surface area contributed by atoms with Gasteiger partial charge in [0.05, 0.1) is 12.3 Å².